The van der Waals surface area contributed by atoms with E-state index >= 15 is 0 Å². The number of aryl methyl sites for hydroxylation is 2. The van der Waals surface area contributed by atoms with Gasteiger partial charge in [0.2, 0.25) is 0 Å². The number of hydrogen-bond acceptors (Lipinski definition) is 2. The number of imidazole rings is 1. The summed E-state index contributed by atoms with van der Waals surface area (Å²) < 4.78 is 0. The van der Waals surface area contributed by atoms with Crippen LogP contribution in [0, 0.1) is 13.8 Å². The summed E-state index contributed by atoms with van der Waals surface area (Å²) in [6, 6.07) is 10.4. The molecule has 3 aromatic rings. The van der Waals surface area contributed by atoms with E-state index in [9.17, 15) is 0 Å². The van der Waals surface area contributed by atoms with Crippen LogP contribution in [0.3, 0.4) is 0 Å². The molecule has 0 aliphatic heterocycles. The first kappa shape index (κ1) is 11.7. The second kappa shape index (κ2) is 4.69. The molecule has 0 unspecified atom stereocenters. The second-order valence-electron chi connectivity index (χ2n) is 4.76. The van der Waals surface area contributed by atoms with Crippen LogP contribution in [0.4, 0.5) is 0 Å². The number of hydrogen-bond donors (Lipinski definition) is 1. The minimum absolute atomic E-state index is 0.894. The van der Waals surface area contributed by atoms with Crippen molar-refractivity contribution in [2.24, 2.45) is 0 Å². The molecule has 2 aromatic heterocycles. The smallest absolute Gasteiger partial charge is 0.137 e. The lowest BCUT2D eigenvalue weighted by Gasteiger charge is -2.02. The lowest BCUT2D eigenvalue weighted by atomic mass is 10.1. The van der Waals surface area contributed by atoms with Crippen LogP contribution < -0.4 is 0 Å². The van der Waals surface area contributed by atoms with Gasteiger partial charge in [0.15, 0.2) is 0 Å². The summed E-state index contributed by atoms with van der Waals surface area (Å²) in [5.41, 5.74) is 5.64. The SMILES string of the molecule is Cc1cc(C)cc(-c2ncc(-c3cccnc3)[nH]2)c1. The zero-order valence-corrected chi connectivity index (χ0v) is 11.0. The Morgan fingerprint density at radius 1 is 0.947 bits per heavy atom. The Morgan fingerprint density at radius 2 is 1.74 bits per heavy atom. The number of nitrogens with one attached hydrogen (secondary N) is 1. The van der Waals surface area contributed by atoms with E-state index in [0.717, 1.165) is 22.6 Å². The fourth-order valence-corrected chi connectivity index (χ4v) is 2.25. The van der Waals surface area contributed by atoms with Gasteiger partial charge in [0.05, 0.1) is 11.9 Å². The van der Waals surface area contributed by atoms with Crippen LogP contribution >= 0.6 is 0 Å². The first-order chi connectivity index (χ1) is 9.22. The van der Waals surface area contributed by atoms with E-state index in [1.54, 1.807) is 6.20 Å². The minimum atomic E-state index is 0.894. The summed E-state index contributed by atoms with van der Waals surface area (Å²) in [4.78, 5) is 11.9. The van der Waals surface area contributed by atoms with Gasteiger partial charge < -0.3 is 4.98 Å². The van der Waals surface area contributed by atoms with Crippen molar-refractivity contribution in [2.75, 3.05) is 0 Å². The molecule has 94 valence electrons. The normalized spacial score (nSPS) is 10.6. The standard InChI is InChI=1S/C16H15N3/c1-11-6-12(2)8-14(7-11)16-18-10-15(19-16)13-4-3-5-17-9-13/h3-10H,1-2H3,(H,18,19). The Kier molecular flexibility index (Phi) is 2.88. The molecule has 3 heteroatoms. The van der Waals surface area contributed by atoms with Gasteiger partial charge >= 0.3 is 0 Å². The first-order valence-electron chi connectivity index (χ1n) is 6.26. The highest BCUT2D eigenvalue weighted by Crippen LogP contribution is 2.23. The van der Waals surface area contributed by atoms with Crippen molar-refractivity contribution >= 4 is 0 Å². The van der Waals surface area contributed by atoms with Crippen LogP contribution in [-0.2, 0) is 0 Å². The zero-order chi connectivity index (χ0) is 13.2. The monoisotopic (exact) mass is 249 g/mol. The number of pyridine rings is 1. The van der Waals surface area contributed by atoms with E-state index < -0.39 is 0 Å². The summed E-state index contributed by atoms with van der Waals surface area (Å²) in [6.45, 7) is 4.20. The molecule has 1 aromatic carbocycles. The molecule has 0 atom stereocenters. The van der Waals surface area contributed by atoms with Crippen molar-refractivity contribution in [2.45, 2.75) is 13.8 Å². The average molecular weight is 249 g/mol. The number of aromatic nitrogens is 3. The molecule has 0 saturated carbocycles. The van der Waals surface area contributed by atoms with Crippen LogP contribution in [0.2, 0.25) is 0 Å². The Bertz CT molecular complexity index is 679. The number of benzene rings is 1. The summed E-state index contributed by atoms with van der Waals surface area (Å²) in [5, 5.41) is 0. The average Bonchev–Trinajstić information content (AvgIpc) is 2.88. The highest BCUT2D eigenvalue weighted by molar-refractivity contribution is 5.64. The molecule has 19 heavy (non-hydrogen) atoms. The predicted octanol–water partition coefficient (Wildman–Crippen LogP) is 3.76. The maximum Gasteiger partial charge on any atom is 0.137 e. The van der Waals surface area contributed by atoms with E-state index in [-0.39, 0.29) is 0 Å². The van der Waals surface area contributed by atoms with Gasteiger partial charge in [-0.3, -0.25) is 4.98 Å². The first-order valence-corrected chi connectivity index (χ1v) is 6.26. The van der Waals surface area contributed by atoms with Crippen LogP contribution in [0.1, 0.15) is 11.1 Å². The number of nitrogens with zero attached hydrogens (tertiary/aromatic N) is 2. The van der Waals surface area contributed by atoms with E-state index in [0.29, 0.717) is 0 Å². The molecule has 0 aliphatic carbocycles. The Hall–Kier alpha value is -2.42. The molecular formula is C16H15N3. The Morgan fingerprint density at radius 3 is 2.42 bits per heavy atom. The van der Waals surface area contributed by atoms with E-state index in [4.69, 9.17) is 0 Å². The van der Waals surface area contributed by atoms with Crippen molar-refractivity contribution in [1.82, 2.24) is 15.0 Å². The second-order valence-corrected chi connectivity index (χ2v) is 4.76. The highest BCUT2D eigenvalue weighted by atomic mass is 14.9. The number of H-pyrrole nitrogens is 1. The number of rotatable bonds is 2. The molecule has 0 radical (unpaired) electrons. The summed E-state index contributed by atoms with van der Waals surface area (Å²) in [5.74, 6) is 0.894. The van der Waals surface area contributed by atoms with Gasteiger partial charge in [-0.1, -0.05) is 17.2 Å². The van der Waals surface area contributed by atoms with Gasteiger partial charge in [-0.15, -0.1) is 0 Å². The maximum absolute atomic E-state index is 4.46. The summed E-state index contributed by atoms with van der Waals surface area (Å²) in [7, 11) is 0. The molecule has 1 N–H and O–H groups in total. The molecule has 0 fully saturated rings. The third-order valence-electron chi connectivity index (χ3n) is 3.04. The largest absolute Gasteiger partial charge is 0.338 e. The molecular weight excluding hydrogens is 234 g/mol. The van der Waals surface area contributed by atoms with Crippen LogP contribution in [0.15, 0.2) is 48.9 Å². The van der Waals surface area contributed by atoms with Gasteiger partial charge in [-0.05, 0) is 38.1 Å². The van der Waals surface area contributed by atoms with Crippen LogP contribution in [0.25, 0.3) is 22.6 Å². The lowest BCUT2D eigenvalue weighted by Crippen LogP contribution is -1.85. The minimum Gasteiger partial charge on any atom is -0.338 e. The molecule has 3 rings (SSSR count). The zero-order valence-electron chi connectivity index (χ0n) is 11.0. The lowest BCUT2D eigenvalue weighted by molar-refractivity contribution is 1.28. The predicted molar refractivity (Wildman–Crippen MR) is 76.7 cm³/mol. The van der Waals surface area contributed by atoms with Crippen molar-refractivity contribution in [3.8, 4) is 22.6 Å². The molecule has 0 aliphatic rings. The van der Waals surface area contributed by atoms with Gasteiger partial charge in [0, 0.05) is 23.5 Å². The van der Waals surface area contributed by atoms with Crippen molar-refractivity contribution < 1.29 is 0 Å². The fraction of sp³-hybridized carbons (Fsp3) is 0.125. The third-order valence-corrected chi connectivity index (χ3v) is 3.04. The Balaban J connectivity index is 2.02. The van der Waals surface area contributed by atoms with Crippen LogP contribution in [-0.4, -0.2) is 15.0 Å². The molecule has 0 saturated heterocycles. The molecule has 0 amide bonds. The van der Waals surface area contributed by atoms with Crippen molar-refractivity contribution in [3.63, 3.8) is 0 Å². The molecule has 3 nitrogen and oxygen atoms in total. The van der Waals surface area contributed by atoms with Gasteiger partial charge in [0.25, 0.3) is 0 Å². The van der Waals surface area contributed by atoms with E-state index in [1.165, 1.54) is 11.1 Å². The van der Waals surface area contributed by atoms with Crippen molar-refractivity contribution in [3.05, 3.63) is 60.0 Å². The fourth-order valence-electron chi connectivity index (χ4n) is 2.25. The Labute approximate surface area is 112 Å². The molecule has 0 bridgehead atoms. The highest BCUT2D eigenvalue weighted by Gasteiger charge is 2.06. The van der Waals surface area contributed by atoms with Gasteiger partial charge in [-0.25, -0.2) is 4.98 Å². The van der Waals surface area contributed by atoms with E-state index in [1.807, 2.05) is 24.5 Å². The van der Waals surface area contributed by atoms with Crippen molar-refractivity contribution in [1.29, 1.82) is 0 Å². The van der Waals surface area contributed by atoms with Crippen LogP contribution in [0.5, 0.6) is 0 Å². The van der Waals surface area contributed by atoms with Gasteiger partial charge in [-0.2, -0.15) is 0 Å². The van der Waals surface area contributed by atoms with E-state index in [2.05, 4.69) is 47.0 Å². The van der Waals surface area contributed by atoms with Gasteiger partial charge in [0.1, 0.15) is 5.82 Å². The number of aromatic amines is 1. The molecule has 2 heterocycles. The quantitative estimate of drug-likeness (QED) is 0.751. The topological polar surface area (TPSA) is 41.6 Å². The molecule has 0 spiro atoms. The maximum atomic E-state index is 4.46. The third kappa shape index (κ3) is 2.40. The summed E-state index contributed by atoms with van der Waals surface area (Å²) in [6.07, 6.45) is 5.45. The summed E-state index contributed by atoms with van der Waals surface area (Å²) >= 11 is 0.